The number of esters is 1. The van der Waals surface area contributed by atoms with Gasteiger partial charge in [0, 0.05) is 11.4 Å². The van der Waals surface area contributed by atoms with Crippen LogP contribution in [-0.2, 0) is 4.74 Å². The first-order chi connectivity index (χ1) is 13.8. The minimum atomic E-state index is -0.621. The molecular weight excluding hydrogens is 396 g/mol. The Morgan fingerprint density at radius 1 is 1.17 bits per heavy atom. The van der Waals surface area contributed by atoms with Gasteiger partial charge in [0.2, 0.25) is 5.78 Å². The van der Waals surface area contributed by atoms with Gasteiger partial charge in [0.05, 0.1) is 37.0 Å². The number of hydrogen-bond donors (Lipinski definition) is 1. The molecule has 1 aromatic carbocycles. The third-order valence-corrected chi connectivity index (χ3v) is 4.49. The number of nitriles is 1. The van der Waals surface area contributed by atoms with Crippen LogP contribution in [0, 0.1) is 25.2 Å². The number of aromatic nitrogens is 1. The fourth-order valence-corrected chi connectivity index (χ4v) is 3.29. The lowest BCUT2D eigenvalue weighted by Gasteiger charge is -2.10. The maximum atomic E-state index is 13.1. The number of methoxy groups -OCH3 is 2. The van der Waals surface area contributed by atoms with Crippen LogP contribution in [0.2, 0.25) is 5.02 Å². The number of rotatable bonds is 7. The number of carbonyl (C=O) groups is 2. The van der Waals surface area contributed by atoms with Crippen molar-refractivity contribution in [3.05, 3.63) is 50.8 Å². The van der Waals surface area contributed by atoms with E-state index in [1.54, 1.807) is 32.9 Å². The summed E-state index contributed by atoms with van der Waals surface area (Å²) in [6.45, 7) is 5.17. The van der Waals surface area contributed by atoms with Gasteiger partial charge in [-0.3, -0.25) is 4.79 Å². The standard InChI is InChI=1S/C21H21ClN2O5/c1-6-29-21(26)18-12(3)24-11(2)17(18)19(25)14(10-23)7-13-8-15(22)20(28-5)16(9-13)27-4/h7-9,24H,6H2,1-5H3/b14-7+. The molecule has 1 heterocycles. The third kappa shape index (κ3) is 4.44. The maximum Gasteiger partial charge on any atom is 0.340 e. The maximum absolute atomic E-state index is 13.1. The molecule has 152 valence electrons. The number of H-pyrrole nitrogens is 1. The van der Waals surface area contributed by atoms with E-state index in [0.717, 1.165) is 0 Å². The van der Waals surface area contributed by atoms with E-state index in [1.807, 2.05) is 6.07 Å². The number of ether oxygens (including phenoxy) is 3. The van der Waals surface area contributed by atoms with Crippen molar-refractivity contribution < 1.29 is 23.8 Å². The van der Waals surface area contributed by atoms with Crippen LogP contribution in [0.25, 0.3) is 6.08 Å². The van der Waals surface area contributed by atoms with E-state index in [0.29, 0.717) is 28.5 Å². The smallest absolute Gasteiger partial charge is 0.340 e. The van der Waals surface area contributed by atoms with Gasteiger partial charge in [-0.1, -0.05) is 11.6 Å². The summed E-state index contributed by atoms with van der Waals surface area (Å²) in [5, 5.41) is 9.86. The number of ketones is 1. The zero-order chi connectivity index (χ0) is 21.7. The molecule has 29 heavy (non-hydrogen) atoms. The van der Waals surface area contributed by atoms with E-state index >= 15 is 0 Å². The van der Waals surface area contributed by atoms with E-state index < -0.39 is 11.8 Å². The summed E-state index contributed by atoms with van der Waals surface area (Å²) in [5.41, 5.74) is 1.51. The number of aryl methyl sites for hydroxylation is 2. The summed E-state index contributed by atoms with van der Waals surface area (Å²) < 4.78 is 15.5. The normalized spacial score (nSPS) is 11.0. The van der Waals surface area contributed by atoms with E-state index in [2.05, 4.69) is 4.98 Å². The Labute approximate surface area is 173 Å². The molecule has 0 aliphatic heterocycles. The van der Waals surface area contributed by atoms with Gasteiger partial charge in [-0.05, 0) is 44.5 Å². The summed E-state index contributed by atoms with van der Waals surface area (Å²) >= 11 is 6.20. The van der Waals surface area contributed by atoms with Crippen molar-refractivity contribution in [2.75, 3.05) is 20.8 Å². The summed E-state index contributed by atoms with van der Waals surface area (Å²) in [7, 11) is 2.91. The molecule has 0 aliphatic carbocycles. The number of nitrogens with zero attached hydrogens (tertiary/aromatic N) is 1. The number of nitrogens with one attached hydrogen (secondary N) is 1. The largest absolute Gasteiger partial charge is 0.493 e. The number of carbonyl (C=O) groups excluding carboxylic acids is 2. The van der Waals surface area contributed by atoms with Crippen molar-refractivity contribution in [3.8, 4) is 17.6 Å². The Bertz CT molecular complexity index is 1030. The molecule has 0 fully saturated rings. The van der Waals surface area contributed by atoms with E-state index in [1.165, 1.54) is 20.3 Å². The number of aromatic amines is 1. The van der Waals surface area contributed by atoms with Crippen LogP contribution >= 0.6 is 11.6 Å². The lowest BCUT2D eigenvalue weighted by Crippen LogP contribution is -2.13. The second-order valence-corrected chi connectivity index (χ2v) is 6.49. The van der Waals surface area contributed by atoms with E-state index in [4.69, 9.17) is 25.8 Å². The topological polar surface area (TPSA) is 101 Å². The van der Waals surface area contributed by atoms with Crippen molar-refractivity contribution in [3.63, 3.8) is 0 Å². The summed E-state index contributed by atoms with van der Waals surface area (Å²) in [6, 6.07) is 5.04. The quantitative estimate of drug-likeness (QED) is 0.313. The number of benzene rings is 1. The van der Waals surface area contributed by atoms with Crippen LogP contribution in [0.5, 0.6) is 11.5 Å². The molecule has 8 heteroatoms. The Balaban J connectivity index is 2.57. The molecule has 0 saturated heterocycles. The number of hydrogen-bond acceptors (Lipinski definition) is 6. The van der Waals surface area contributed by atoms with E-state index in [9.17, 15) is 14.9 Å². The average molecular weight is 417 g/mol. The van der Waals surface area contributed by atoms with Gasteiger partial charge in [0.15, 0.2) is 11.5 Å². The molecule has 7 nitrogen and oxygen atoms in total. The van der Waals surface area contributed by atoms with Crippen LogP contribution in [0.1, 0.15) is 44.6 Å². The van der Waals surface area contributed by atoms with Crippen molar-refractivity contribution in [2.45, 2.75) is 20.8 Å². The second kappa shape index (κ2) is 9.30. The molecule has 0 aliphatic rings. The predicted molar refractivity (Wildman–Crippen MR) is 109 cm³/mol. The highest BCUT2D eigenvalue weighted by Crippen LogP contribution is 2.36. The fourth-order valence-electron chi connectivity index (χ4n) is 2.99. The van der Waals surface area contributed by atoms with Crippen molar-refractivity contribution >= 4 is 29.4 Å². The highest BCUT2D eigenvalue weighted by Gasteiger charge is 2.27. The molecule has 1 N–H and O–H groups in total. The fraction of sp³-hybridized carbons (Fsp3) is 0.286. The molecule has 0 bridgehead atoms. The lowest BCUT2D eigenvalue weighted by molar-refractivity contribution is 0.0523. The molecule has 0 unspecified atom stereocenters. The van der Waals surface area contributed by atoms with Crippen LogP contribution < -0.4 is 9.47 Å². The summed E-state index contributed by atoms with van der Waals surface area (Å²) in [4.78, 5) is 28.4. The number of halogens is 1. The monoisotopic (exact) mass is 416 g/mol. The Morgan fingerprint density at radius 3 is 2.38 bits per heavy atom. The number of allylic oxidation sites excluding steroid dienone is 1. The molecule has 0 atom stereocenters. The first-order valence-electron chi connectivity index (χ1n) is 8.73. The third-order valence-electron chi connectivity index (χ3n) is 4.21. The SMILES string of the molecule is CCOC(=O)c1c(C)[nH]c(C)c1C(=O)/C(C#N)=C/c1cc(Cl)c(OC)c(OC)c1. The van der Waals surface area contributed by atoms with Crippen LogP contribution in [0.4, 0.5) is 0 Å². The number of Topliss-reactive ketones (excluding diaryl/α,β-unsaturated/α-hetero) is 1. The highest BCUT2D eigenvalue weighted by molar-refractivity contribution is 6.32. The van der Waals surface area contributed by atoms with Crippen LogP contribution in [-0.4, -0.2) is 37.6 Å². The molecule has 0 spiro atoms. The molecule has 0 saturated carbocycles. The highest BCUT2D eigenvalue weighted by atomic mass is 35.5. The van der Waals surface area contributed by atoms with Gasteiger partial charge in [-0.15, -0.1) is 0 Å². The van der Waals surface area contributed by atoms with Crippen LogP contribution in [0.15, 0.2) is 17.7 Å². The van der Waals surface area contributed by atoms with Gasteiger partial charge in [0.1, 0.15) is 11.6 Å². The average Bonchev–Trinajstić information content (AvgIpc) is 2.98. The molecule has 2 aromatic rings. The zero-order valence-electron chi connectivity index (χ0n) is 16.8. The molecule has 2 rings (SSSR count). The van der Waals surface area contributed by atoms with Gasteiger partial charge in [-0.25, -0.2) is 4.79 Å². The first-order valence-corrected chi connectivity index (χ1v) is 9.11. The molecule has 1 aromatic heterocycles. The minimum Gasteiger partial charge on any atom is -0.493 e. The summed E-state index contributed by atoms with van der Waals surface area (Å²) in [5.74, 6) is -0.512. The Kier molecular flexibility index (Phi) is 7.08. The van der Waals surface area contributed by atoms with E-state index in [-0.39, 0.29) is 28.3 Å². The van der Waals surface area contributed by atoms with Gasteiger partial charge in [-0.2, -0.15) is 5.26 Å². The Hall–Kier alpha value is -3.24. The molecule has 0 amide bonds. The second-order valence-electron chi connectivity index (χ2n) is 6.08. The lowest BCUT2D eigenvalue weighted by atomic mass is 9.98. The first kappa shape index (κ1) is 22.1. The van der Waals surface area contributed by atoms with Crippen LogP contribution in [0.3, 0.4) is 0 Å². The van der Waals surface area contributed by atoms with Crippen molar-refractivity contribution in [1.82, 2.24) is 4.98 Å². The predicted octanol–water partition coefficient (Wildman–Crippen LogP) is 4.27. The van der Waals surface area contributed by atoms with Crippen molar-refractivity contribution in [2.24, 2.45) is 0 Å². The molecular formula is C21H21ClN2O5. The van der Waals surface area contributed by atoms with Gasteiger partial charge < -0.3 is 19.2 Å². The minimum absolute atomic E-state index is 0.111. The van der Waals surface area contributed by atoms with Gasteiger partial charge >= 0.3 is 5.97 Å². The Morgan fingerprint density at radius 2 is 1.83 bits per heavy atom. The molecule has 0 radical (unpaired) electrons. The zero-order valence-corrected chi connectivity index (χ0v) is 17.6. The van der Waals surface area contributed by atoms with Crippen molar-refractivity contribution in [1.29, 1.82) is 5.26 Å². The summed E-state index contributed by atoms with van der Waals surface area (Å²) in [6.07, 6.45) is 1.38. The van der Waals surface area contributed by atoms with Gasteiger partial charge in [0.25, 0.3) is 0 Å².